The number of aryl methyl sites for hydroxylation is 1. The van der Waals surface area contributed by atoms with Gasteiger partial charge in [0, 0.05) is 50.3 Å². The summed E-state index contributed by atoms with van der Waals surface area (Å²) in [5.41, 5.74) is 1.55. The van der Waals surface area contributed by atoms with Crippen LogP contribution < -0.4 is 10.2 Å². The molecule has 4 heterocycles. The maximum absolute atomic E-state index is 15.3. The minimum atomic E-state index is -0.808. The van der Waals surface area contributed by atoms with Crippen molar-refractivity contribution < 1.29 is 23.8 Å². The number of carbonyl (C=O) groups is 1. The number of anilines is 3. The average molecular weight is 581 g/mol. The van der Waals surface area contributed by atoms with E-state index in [9.17, 15) is 15.0 Å². The molecule has 1 amide bonds. The standard InChI is InChI=1S/C29H34F2N8O3/c1-3-4-18-12-32-29(33-13-18)38-9-7-20(8-10-38)39-14-23(31)25-26(34-17-35-27(25)39)36-24-6-5-19(11-22(24)30)28(42)37(2)21(15-40)16-41/h5-6,11-14,17,20-21,40-41H,3-4,7-10,15-16H2,1-2H3,(H,34,35,36). The number of fused-ring (bicyclic) bond motifs is 1. The van der Waals surface area contributed by atoms with Crippen molar-refractivity contribution in [3.8, 4) is 0 Å². The lowest BCUT2D eigenvalue weighted by Crippen LogP contribution is -2.41. The Kier molecular flexibility index (Phi) is 8.88. The molecule has 0 unspecified atom stereocenters. The Morgan fingerprint density at radius 1 is 1.10 bits per heavy atom. The molecule has 0 saturated carbocycles. The smallest absolute Gasteiger partial charge is 0.254 e. The van der Waals surface area contributed by atoms with Crippen molar-refractivity contribution in [1.82, 2.24) is 29.4 Å². The van der Waals surface area contributed by atoms with Crippen LogP contribution in [0, 0.1) is 11.6 Å². The summed E-state index contributed by atoms with van der Waals surface area (Å²) < 4.78 is 32.2. The summed E-state index contributed by atoms with van der Waals surface area (Å²) in [6.45, 7) is 2.66. The SMILES string of the molecule is CCCc1cnc(N2CCC(n3cc(F)c4c(Nc5ccc(C(=O)N(C)C(CO)CO)cc5F)ncnc43)CC2)nc1. The Bertz CT molecular complexity index is 1540. The molecule has 0 atom stereocenters. The molecule has 11 nitrogen and oxygen atoms in total. The maximum Gasteiger partial charge on any atom is 0.254 e. The van der Waals surface area contributed by atoms with E-state index in [1.54, 1.807) is 0 Å². The number of nitrogens with one attached hydrogen (secondary N) is 1. The molecule has 222 valence electrons. The van der Waals surface area contributed by atoms with Gasteiger partial charge in [0.05, 0.1) is 30.3 Å². The monoisotopic (exact) mass is 580 g/mol. The summed E-state index contributed by atoms with van der Waals surface area (Å²) in [6, 6.07) is 3.00. The fourth-order valence-corrected chi connectivity index (χ4v) is 5.24. The van der Waals surface area contributed by atoms with Crippen LogP contribution in [0.5, 0.6) is 0 Å². The lowest BCUT2D eigenvalue weighted by atomic mass is 10.1. The summed E-state index contributed by atoms with van der Waals surface area (Å²) in [5.74, 6) is -1.05. The molecule has 13 heteroatoms. The van der Waals surface area contributed by atoms with Crippen molar-refractivity contribution in [1.29, 1.82) is 0 Å². The second-order valence-electron chi connectivity index (χ2n) is 10.4. The molecule has 0 spiro atoms. The minimum Gasteiger partial charge on any atom is -0.394 e. The highest BCUT2D eigenvalue weighted by Gasteiger charge is 2.26. The van der Waals surface area contributed by atoms with E-state index in [1.807, 2.05) is 17.0 Å². The van der Waals surface area contributed by atoms with Gasteiger partial charge in [0.15, 0.2) is 5.82 Å². The number of amides is 1. The van der Waals surface area contributed by atoms with Crippen molar-refractivity contribution in [3.05, 3.63) is 65.9 Å². The number of carbonyl (C=O) groups excluding carboxylic acids is 1. The zero-order valence-electron chi connectivity index (χ0n) is 23.5. The molecule has 3 aromatic heterocycles. The molecule has 1 fully saturated rings. The van der Waals surface area contributed by atoms with E-state index < -0.39 is 36.8 Å². The highest BCUT2D eigenvalue weighted by atomic mass is 19.1. The van der Waals surface area contributed by atoms with E-state index in [4.69, 9.17) is 0 Å². The fraction of sp³-hybridized carbons (Fsp3) is 0.414. The Morgan fingerprint density at radius 3 is 2.45 bits per heavy atom. The van der Waals surface area contributed by atoms with Crippen LogP contribution in [0.2, 0.25) is 0 Å². The fourth-order valence-electron chi connectivity index (χ4n) is 5.24. The predicted octanol–water partition coefficient (Wildman–Crippen LogP) is 3.46. The van der Waals surface area contributed by atoms with Gasteiger partial charge in [-0.25, -0.2) is 28.7 Å². The first-order valence-corrected chi connectivity index (χ1v) is 14.0. The van der Waals surface area contributed by atoms with Crippen LogP contribution in [0.15, 0.2) is 43.1 Å². The number of nitrogens with zero attached hydrogens (tertiary/aromatic N) is 7. The second kappa shape index (κ2) is 12.7. The number of likely N-dealkylation sites (N-methyl/N-ethyl adjacent to an activating group) is 1. The first-order chi connectivity index (χ1) is 20.3. The zero-order chi connectivity index (χ0) is 29.8. The number of aromatic nitrogens is 5. The third-order valence-corrected chi connectivity index (χ3v) is 7.69. The summed E-state index contributed by atoms with van der Waals surface area (Å²) >= 11 is 0. The van der Waals surface area contributed by atoms with Crippen LogP contribution in [0.3, 0.4) is 0 Å². The van der Waals surface area contributed by atoms with Crippen molar-refractivity contribution in [2.45, 2.75) is 44.7 Å². The van der Waals surface area contributed by atoms with Gasteiger partial charge in [0.25, 0.3) is 5.91 Å². The van der Waals surface area contributed by atoms with E-state index in [2.05, 4.69) is 37.1 Å². The van der Waals surface area contributed by atoms with Crippen LogP contribution in [0.1, 0.15) is 48.1 Å². The number of halogens is 2. The van der Waals surface area contributed by atoms with Crippen molar-refractivity contribution in [2.24, 2.45) is 0 Å². The number of hydrogen-bond acceptors (Lipinski definition) is 9. The molecule has 4 aromatic rings. The Balaban J connectivity index is 1.32. The zero-order valence-corrected chi connectivity index (χ0v) is 23.5. The third-order valence-electron chi connectivity index (χ3n) is 7.69. The quantitative estimate of drug-likeness (QED) is 0.258. The van der Waals surface area contributed by atoms with Crippen LogP contribution in [0.4, 0.5) is 26.2 Å². The first kappa shape index (κ1) is 29.3. The summed E-state index contributed by atoms with van der Waals surface area (Å²) in [4.78, 5) is 33.5. The van der Waals surface area contributed by atoms with E-state index in [0.717, 1.165) is 42.2 Å². The van der Waals surface area contributed by atoms with Gasteiger partial charge in [-0.2, -0.15) is 0 Å². The van der Waals surface area contributed by atoms with Gasteiger partial charge in [0.1, 0.15) is 23.6 Å². The average Bonchev–Trinajstić information content (AvgIpc) is 3.36. The van der Waals surface area contributed by atoms with Crippen LogP contribution >= 0.6 is 0 Å². The number of aliphatic hydroxyl groups is 2. The van der Waals surface area contributed by atoms with Gasteiger partial charge >= 0.3 is 0 Å². The summed E-state index contributed by atoms with van der Waals surface area (Å²) in [7, 11) is 1.41. The number of aliphatic hydroxyl groups excluding tert-OH is 2. The summed E-state index contributed by atoms with van der Waals surface area (Å²) in [6.07, 6.45) is 9.91. The molecular weight excluding hydrogens is 546 g/mol. The molecule has 0 radical (unpaired) electrons. The normalized spacial score (nSPS) is 14.1. The number of piperidine rings is 1. The second-order valence-corrected chi connectivity index (χ2v) is 10.4. The Labute approximate surface area is 241 Å². The highest BCUT2D eigenvalue weighted by molar-refractivity contribution is 5.95. The van der Waals surface area contributed by atoms with E-state index in [1.165, 1.54) is 31.7 Å². The Hall–Kier alpha value is -4.23. The number of hydrogen-bond donors (Lipinski definition) is 3. The molecule has 1 aliphatic heterocycles. The molecule has 1 saturated heterocycles. The molecule has 5 rings (SSSR count). The third kappa shape index (κ3) is 5.88. The molecule has 42 heavy (non-hydrogen) atoms. The molecule has 3 N–H and O–H groups in total. The van der Waals surface area contributed by atoms with Gasteiger partial charge in [-0.05, 0) is 43.0 Å². The van der Waals surface area contributed by atoms with Gasteiger partial charge in [-0.15, -0.1) is 0 Å². The van der Waals surface area contributed by atoms with E-state index >= 15 is 8.78 Å². The number of rotatable bonds is 10. The van der Waals surface area contributed by atoms with E-state index in [-0.39, 0.29) is 28.5 Å². The van der Waals surface area contributed by atoms with Gasteiger partial charge < -0.3 is 29.9 Å². The van der Waals surface area contributed by atoms with Crippen LogP contribution in [0.25, 0.3) is 11.0 Å². The van der Waals surface area contributed by atoms with Crippen molar-refractivity contribution in [2.75, 3.05) is 43.6 Å². The molecular formula is C29H34F2N8O3. The van der Waals surface area contributed by atoms with Crippen molar-refractivity contribution in [3.63, 3.8) is 0 Å². The number of benzene rings is 1. The van der Waals surface area contributed by atoms with Gasteiger partial charge in [0.2, 0.25) is 5.95 Å². The maximum atomic E-state index is 15.3. The van der Waals surface area contributed by atoms with Crippen LogP contribution in [-0.4, -0.2) is 84.9 Å². The van der Waals surface area contributed by atoms with Gasteiger partial charge in [-0.1, -0.05) is 13.3 Å². The van der Waals surface area contributed by atoms with Crippen molar-refractivity contribution >= 4 is 34.4 Å². The largest absolute Gasteiger partial charge is 0.394 e. The highest BCUT2D eigenvalue weighted by Crippen LogP contribution is 2.33. The molecule has 1 aromatic carbocycles. The van der Waals surface area contributed by atoms with Gasteiger partial charge in [-0.3, -0.25) is 4.79 Å². The lowest BCUT2D eigenvalue weighted by Gasteiger charge is -2.32. The molecule has 0 aliphatic carbocycles. The summed E-state index contributed by atoms with van der Waals surface area (Å²) in [5, 5.41) is 21.7. The first-order valence-electron chi connectivity index (χ1n) is 14.0. The predicted molar refractivity (Wildman–Crippen MR) is 154 cm³/mol. The van der Waals surface area contributed by atoms with E-state index in [0.29, 0.717) is 24.7 Å². The minimum absolute atomic E-state index is 0.000447. The molecule has 1 aliphatic rings. The topological polar surface area (TPSA) is 133 Å². The Morgan fingerprint density at radius 2 is 1.81 bits per heavy atom. The molecule has 0 bridgehead atoms. The lowest BCUT2D eigenvalue weighted by molar-refractivity contribution is 0.0544. The van der Waals surface area contributed by atoms with Crippen LogP contribution in [-0.2, 0) is 6.42 Å².